The van der Waals surface area contributed by atoms with E-state index < -0.39 is 10.0 Å². The van der Waals surface area contributed by atoms with E-state index in [1.165, 1.54) is 27.2 Å². The van der Waals surface area contributed by atoms with E-state index in [4.69, 9.17) is 5.41 Å². The fraction of sp³-hybridized carbons (Fsp3) is 0.192. The van der Waals surface area contributed by atoms with Crippen molar-refractivity contribution in [1.82, 2.24) is 0 Å². The maximum atomic E-state index is 9.04. The number of aryl methyl sites for hydroxylation is 1. The SMILES string of the molecule is C/C(=C(\C(=N)c1ccccc1C)S(C)(C)C)c1cccc(-c2ccccc2)c1. The van der Waals surface area contributed by atoms with Crippen LogP contribution in [-0.4, -0.2) is 24.5 Å². The molecule has 144 valence electrons. The molecule has 0 heterocycles. The van der Waals surface area contributed by atoms with Gasteiger partial charge in [-0.1, -0.05) is 72.8 Å². The van der Waals surface area contributed by atoms with Crippen LogP contribution in [0.15, 0.2) is 83.8 Å². The van der Waals surface area contributed by atoms with Crippen molar-refractivity contribution in [2.24, 2.45) is 0 Å². The predicted octanol–water partition coefficient (Wildman–Crippen LogP) is 7.16. The van der Waals surface area contributed by atoms with Crippen molar-refractivity contribution in [2.75, 3.05) is 18.8 Å². The first-order valence-electron chi connectivity index (χ1n) is 9.49. The quantitative estimate of drug-likeness (QED) is 0.449. The largest absolute Gasteiger partial charge is 0.299 e. The number of rotatable bonds is 5. The molecule has 1 N–H and O–H groups in total. The molecular weight excluding hydrogens is 358 g/mol. The van der Waals surface area contributed by atoms with Crippen LogP contribution in [0, 0.1) is 12.3 Å². The van der Waals surface area contributed by atoms with Crippen LogP contribution in [0.1, 0.15) is 23.6 Å². The number of benzene rings is 3. The molecule has 0 aliphatic rings. The third-order valence-corrected chi connectivity index (χ3v) is 6.73. The molecule has 3 rings (SSSR count). The Morgan fingerprint density at radius 2 is 1.36 bits per heavy atom. The van der Waals surface area contributed by atoms with Crippen molar-refractivity contribution in [2.45, 2.75) is 13.8 Å². The zero-order valence-corrected chi connectivity index (χ0v) is 18.2. The summed E-state index contributed by atoms with van der Waals surface area (Å²) in [5, 5.41) is 9.04. The Bertz CT molecular complexity index is 1020. The lowest BCUT2D eigenvalue weighted by Crippen LogP contribution is -2.13. The van der Waals surface area contributed by atoms with Crippen LogP contribution in [0.2, 0.25) is 0 Å². The van der Waals surface area contributed by atoms with E-state index in [2.05, 4.69) is 93.3 Å². The van der Waals surface area contributed by atoms with Gasteiger partial charge >= 0.3 is 0 Å². The molecular formula is C26H29NS. The number of hydrogen-bond acceptors (Lipinski definition) is 1. The Morgan fingerprint density at radius 1 is 0.750 bits per heavy atom. The molecule has 0 aliphatic heterocycles. The molecule has 0 spiro atoms. The van der Waals surface area contributed by atoms with Crippen molar-refractivity contribution in [3.05, 3.63) is 100 Å². The first-order valence-corrected chi connectivity index (χ1v) is 12.3. The molecule has 0 saturated heterocycles. The van der Waals surface area contributed by atoms with E-state index in [-0.39, 0.29) is 0 Å². The molecule has 0 atom stereocenters. The van der Waals surface area contributed by atoms with E-state index in [0.29, 0.717) is 5.71 Å². The second-order valence-corrected chi connectivity index (χ2v) is 12.0. The minimum atomic E-state index is -1.10. The van der Waals surface area contributed by atoms with Gasteiger partial charge in [-0.2, -0.15) is 0 Å². The van der Waals surface area contributed by atoms with Crippen LogP contribution < -0.4 is 0 Å². The summed E-state index contributed by atoms with van der Waals surface area (Å²) in [6.07, 6.45) is 6.83. The maximum Gasteiger partial charge on any atom is 0.0738 e. The lowest BCUT2D eigenvalue weighted by molar-refractivity contribution is 1.40. The van der Waals surface area contributed by atoms with Crippen LogP contribution in [0.3, 0.4) is 0 Å². The second-order valence-electron chi connectivity index (χ2n) is 7.93. The van der Waals surface area contributed by atoms with E-state index in [9.17, 15) is 0 Å². The average molecular weight is 388 g/mol. The van der Waals surface area contributed by atoms with Crippen LogP contribution in [0.25, 0.3) is 16.7 Å². The number of allylic oxidation sites excluding steroid dienone is 2. The molecule has 2 heteroatoms. The van der Waals surface area contributed by atoms with E-state index in [1.807, 2.05) is 18.2 Å². The van der Waals surface area contributed by atoms with Gasteiger partial charge in [-0.3, -0.25) is 5.41 Å². The Hall–Kier alpha value is -2.58. The standard InChI is InChI=1S/C26H29NS/c1-19-12-9-10-17-24(19)25(27)26(28(3,4)5)20(2)22-15-11-16-23(18-22)21-13-7-6-8-14-21/h6-18,27H,1-5H3/b26-20-,27-25?. The lowest BCUT2D eigenvalue weighted by Gasteiger charge is -2.32. The smallest absolute Gasteiger partial charge is 0.0738 e. The van der Waals surface area contributed by atoms with Gasteiger partial charge in [-0.05, 0) is 66.5 Å². The molecule has 0 saturated carbocycles. The number of hydrogen-bond donors (Lipinski definition) is 1. The molecule has 0 fully saturated rings. The summed E-state index contributed by atoms with van der Waals surface area (Å²) in [6.45, 7) is 4.26. The normalized spacial score (nSPS) is 13.0. The van der Waals surface area contributed by atoms with Gasteiger partial charge in [0.1, 0.15) is 0 Å². The molecule has 0 aromatic heterocycles. The minimum Gasteiger partial charge on any atom is -0.299 e. The fourth-order valence-electron chi connectivity index (χ4n) is 3.62. The first-order chi connectivity index (χ1) is 13.3. The Balaban J connectivity index is 2.14. The maximum absolute atomic E-state index is 9.04. The monoisotopic (exact) mass is 387 g/mol. The summed E-state index contributed by atoms with van der Waals surface area (Å²) in [7, 11) is -1.10. The topological polar surface area (TPSA) is 23.9 Å². The highest BCUT2D eigenvalue weighted by Gasteiger charge is 2.22. The minimum absolute atomic E-state index is 0.656. The van der Waals surface area contributed by atoms with Crippen LogP contribution in [0.5, 0.6) is 0 Å². The summed E-state index contributed by atoms with van der Waals surface area (Å²) in [5.74, 6) is 0. The van der Waals surface area contributed by atoms with E-state index in [1.54, 1.807) is 0 Å². The highest BCUT2D eigenvalue weighted by molar-refractivity contribution is 8.36. The van der Waals surface area contributed by atoms with Gasteiger partial charge in [-0.25, -0.2) is 10.0 Å². The second kappa shape index (κ2) is 8.20. The highest BCUT2D eigenvalue weighted by Crippen LogP contribution is 2.49. The van der Waals surface area contributed by atoms with Crippen LogP contribution >= 0.6 is 10.0 Å². The Morgan fingerprint density at radius 3 is 2.00 bits per heavy atom. The zero-order chi connectivity index (χ0) is 20.3. The predicted molar refractivity (Wildman–Crippen MR) is 128 cm³/mol. The summed E-state index contributed by atoms with van der Waals surface area (Å²) >= 11 is 0. The molecule has 0 radical (unpaired) electrons. The Labute approximate surface area is 171 Å². The summed E-state index contributed by atoms with van der Waals surface area (Å²) < 4.78 is 0. The first kappa shape index (κ1) is 20.2. The van der Waals surface area contributed by atoms with Crippen molar-refractivity contribution < 1.29 is 0 Å². The lowest BCUT2D eigenvalue weighted by atomic mass is 9.97. The molecule has 1 nitrogen and oxygen atoms in total. The van der Waals surface area contributed by atoms with Gasteiger partial charge < -0.3 is 0 Å². The molecule has 0 aliphatic carbocycles. The highest BCUT2D eigenvalue weighted by atomic mass is 32.3. The van der Waals surface area contributed by atoms with Crippen LogP contribution in [0.4, 0.5) is 0 Å². The summed E-state index contributed by atoms with van der Waals surface area (Å²) in [4.78, 5) is 1.17. The number of nitrogens with one attached hydrogen (secondary N) is 1. The fourth-order valence-corrected chi connectivity index (χ4v) is 5.38. The van der Waals surface area contributed by atoms with Crippen molar-refractivity contribution in [1.29, 1.82) is 5.41 Å². The van der Waals surface area contributed by atoms with Crippen molar-refractivity contribution >= 4 is 21.3 Å². The molecule has 0 amide bonds. The van der Waals surface area contributed by atoms with Gasteiger partial charge in [0.05, 0.1) is 5.71 Å². The van der Waals surface area contributed by atoms with Gasteiger partial charge in [0.15, 0.2) is 0 Å². The van der Waals surface area contributed by atoms with Gasteiger partial charge in [0.2, 0.25) is 0 Å². The van der Waals surface area contributed by atoms with Gasteiger partial charge in [0, 0.05) is 10.5 Å². The Kier molecular flexibility index (Phi) is 5.90. The van der Waals surface area contributed by atoms with Crippen LogP contribution in [-0.2, 0) is 0 Å². The summed E-state index contributed by atoms with van der Waals surface area (Å²) in [6, 6.07) is 27.4. The molecule has 3 aromatic rings. The van der Waals surface area contributed by atoms with E-state index >= 15 is 0 Å². The molecule has 0 unspecified atom stereocenters. The van der Waals surface area contributed by atoms with Gasteiger partial charge in [0.25, 0.3) is 0 Å². The third-order valence-electron chi connectivity index (χ3n) is 5.00. The van der Waals surface area contributed by atoms with Crippen molar-refractivity contribution in [3.63, 3.8) is 0 Å². The molecule has 0 bridgehead atoms. The molecule has 3 aromatic carbocycles. The van der Waals surface area contributed by atoms with Gasteiger partial charge in [-0.15, -0.1) is 0 Å². The average Bonchev–Trinajstić information content (AvgIpc) is 2.68. The van der Waals surface area contributed by atoms with E-state index in [0.717, 1.165) is 11.1 Å². The molecule has 28 heavy (non-hydrogen) atoms. The summed E-state index contributed by atoms with van der Waals surface area (Å²) in [5.41, 5.74) is 7.66. The van der Waals surface area contributed by atoms with Crippen molar-refractivity contribution in [3.8, 4) is 11.1 Å². The zero-order valence-electron chi connectivity index (χ0n) is 17.4. The third kappa shape index (κ3) is 4.28.